The summed E-state index contributed by atoms with van der Waals surface area (Å²) in [4.78, 5) is 20.3. The normalized spacial score (nSPS) is 16.1. The lowest BCUT2D eigenvalue weighted by molar-refractivity contribution is 0.0494. The molecule has 1 saturated carbocycles. The van der Waals surface area contributed by atoms with Crippen molar-refractivity contribution in [2.45, 2.75) is 44.8 Å². The average Bonchev–Trinajstić information content (AvgIpc) is 3.01. The van der Waals surface area contributed by atoms with Crippen molar-refractivity contribution < 1.29 is 9.53 Å². The lowest BCUT2D eigenvalue weighted by atomic mass is 10.1. The molecule has 7 nitrogen and oxygen atoms in total. The first-order valence-electron chi connectivity index (χ1n) is 7.21. The highest BCUT2D eigenvalue weighted by Gasteiger charge is 2.47. The van der Waals surface area contributed by atoms with E-state index >= 15 is 0 Å². The van der Waals surface area contributed by atoms with Gasteiger partial charge in [0.2, 0.25) is 0 Å². The maximum Gasteiger partial charge on any atom is 0.408 e. The number of rotatable bonds is 3. The monoisotopic (exact) mass is 301 g/mol. The van der Waals surface area contributed by atoms with Crippen LogP contribution >= 0.6 is 0 Å². The number of amides is 1. The first-order chi connectivity index (χ1) is 10.4. The van der Waals surface area contributed by atoms with Crippen LogP contribution in [0.5, 0.6) is 0 Å². The van der Waals surface area contributed by atoms with Crippen LogP contribution in [0.3, 0.4) is 0 Å². The first-order valence-corrected chi connectivity index (χ1v) is 7.21. The Hall–Kier alpha value is -2.44. The van der Waals surface area contributed by atoms with E-state index in [9.17, 15) is 4.79 Å². The second-order valence-electron chi connectivity index (χ2n) is 6.45. The zero-order valence-electron chi connectivity index (χ0n) is 12.9. The summed E-state index contributed by atoms with van der Waals surface area (Å²) in [6, 6.07) is 3.81. The van der Waals surface area contributed by atoms with Crippen molar-refractivity contribution in [3.05, 3.63) is 36.7 Å². The minimum atomic E-state index is -0.509. The molecule has 3 rings (SSSR count). The molecular weight excluding hydrogens is 282 g/mol. The maximum absolute atomic E-state index is 12.0. The van der Waals surface area contributed by atoms with E-state index in [1.807, 2.05) is 32.9 Å². The smallest absolute Gasteiger partial charge is 0.408 e. The van der Waals surface area contributed by atoms with Gasteiger partial charge in [0.25, 0.3) is 0 Å². The van der Waals surface area contributed by atoms with E-state index < -0.39 is 17.2 Å². The summed E-state index contributed by atoms with van der Waals surface area (Å²) in [6.45, 7) is 5.53. The number of aromatic nitrogens is 4. The summed E-state index contributed by atoms with van der Waals surface area (Å²) in [5.74, 6) is 0. The standard InChI is InChI=1S/C15H19N5O2/c1-14(2,3)22-13(21)19-15(6-7-15)12-5-4-11(8-17-12)20-10-16-9-18-20/h4-5,8-10H,6-7H2,1-3H3,(H,19,21). The number of alkyl carbamates (subject to hydrolysis) is 1. The molecule has 1 amide bonds. The molecule has 2 aromatic heterocycles. The number of nitrogens with zero attached hydrogens (tertiary/aromatic N) is 4. The summed E-state index contributed by atoms with van der Waals surface area (Å²) in [5.41, 5.74) is 0.755. The van der Waals surface area contributed by atoms with Crippen molar-refractivity contribution in [3.8, 4) is 5.69 Å². The van der Waals surface area contributed by atoms with Crippen LogP contribution in [-0.4, -0.2) is 31.4 Å². The van der Waals surface area contributed by atoms with Crippen LogP contribution in [0.15, 0.2) is 31.0 Å². The van der Waals surface area contributed by atoms with Crippen LogP contribution < -0.4 is 5.32 Å². The summed E-state index contributed by atoms with van der Waals surface area (Å²) >= 11 is 0. The van der Waals surface area contributed by atoms with E-state index in [4.69, 9.17) is 4.74 Å². The number of hydrogen-bond acceptors (Lipinski definition) is 5. The Morgan fingerprint density at radius 2 is 2.14 bits per heavy atom. The molecule has 0 aromatic carbocycles. The van der Waals surface area contributed by atoms with E-state index in [0.29, 0.717) is 0 Å². The topological polar surface area (TPSA) is 81.9 Å². The number of hydrogen-bond donors (Lipinski definition) is 1. The van der Waals surface area contributed by atoms with Gasteiger partial charge in [-0.1, -0.05) is 0 Å². The second kappa shape index (κ2) is 5.08. The number of carbonyl (C=O) groups is 1. The Bertz CT molecular complexity index is 654. The molecule has 0 aliphatic heterocycles. The van der Waals surface area contributed by atoms with Crippen molar-refractivity contribution in [2.24, 2.45) is 0 Å². The molecule has 0 radical (unpaired) electrons. The number of carbonyl (C=O) groups excluding carboxylic acids is 1. The highest BCUT2D eigenvalue weighted by atomic mass is 16.6. The number of pyridine rings is 1. The zero-order chi connectivity index (χ0) is 15.8. The summed E-state index contributed by atoms with van der Waals surface area (Å²) < 4.78 is 6.95. The Kier molecular flexibility index (Phi) is 3.35. The SMILES string of the molecule is CC(C)(C)OC(=O)NC1(c2ccc(-n3cncn3)cn2)CC1. The van der Waals surface area contributed by atoms with E-state index in [-0.39, 0.29) is 0 Å². The van der Waals surface area contributed by atoms with Gasteiger partial charge >= 0.3 is 6.09 Å². The summed E-state index contributed by atoms with van der Waals surface area (Å²) in [5, 5.41) is 6.99. The van der Waals surface area contributed by atoms with Gasteiger partial charge in [0.15, 0.2) is 0 Å². The minimum absolute atomic E-state index is 0.400. The molecule has 0 bridgehead atoms. The summed E-state index contributed by atoms with van der Waals surface area (Å²) in [7, 11) is 0. The highest BCUT2D eigenvalue weighted by molar-refractivity contribution is 5.69. The van der Waals surface area contributed by atoms with Gasteiger partial charge in [0.1, 0.15) is 18.3 Å². The molecule has 1 aliphatic carbocycles. The molecule has 2 aromatic rings. The van der Waals surface area contributed by atoms with Crippen molar-refractivity contribution in [1.29, 1.82) is 0 Å². The minimum Gasteiger partial charge on any atom is -0.444 e. The third-order valence-electron chi connectivity index (χ3n) is 3.41. The molecule has 0 atom stereocenters. The Morgan fingerprint density at radius 1 is 1.36 bits per heavy atom. The lowest BCUT2D eigenvalue weighted by Gasteiger charge is -2.23. The molecule has 22 heavy (non-hydrogen) atoms. The van der Waals surface area contributed by atoms with Gasteiger partial charge in [-0.25, -0.2) is 14.5 Å². The molecule has 1 fully saturated rings. The number of nitrogens with one attached hydrogen (secondary N) is 1. The van der Waals surface area contributed by atoms with Gasteiger partial charge in [-0.3, -0.25) is 4.98 Å². The summed E-state index contributed by atoms with van der Waals surface area (Å²) in [6.07, 6.45) is 6.13. The Labute approximate surface area is 128 Å². The predicted octanol–water partition coefficient (Wildman–Crippen LogP) is 2.18. The van der Waals surface area contributed by atoms with Crippen molar-refractivity contribution >= 4 is 6.09 Å². The van der Waals surface area contributed by atoms with E-state index in [1.54, 1.807) is 17.2 Å². The first kappa shape index (κ1) is 14.5. The molecule has 0 unspecified atom stereocenters. The van der Waals surface area contributed by atoms with Crippen LogP contribution in [0, 0.1) is 0 Å². The molecule has 2 heterocycles. The molecule has 116 valence electrons. The van der Waals surface area contributed by atoms with Gasteiger partial charge in [-0.15, -0.1) is 0 Å². The molecule has 0 spiro atoms. The predicted molar refractivity (Wildman–Crippen MR) is 79.4 cm³/mol. The van der Waals surface area contributed by atoms with Crippen LogP contribution in [0.4, 0.5) is 4.79 Å². The number of ether oxygens (including phenoxy) is 1. The fourth-order valence-corrected chi connectivity index (χ4v) is 2.22. The van der Waals surface area contributed by atoms with E-state index in [1.165, 1.54) is 6.33 Å². The van der Waals surface area contributed by atoms with Gasteiger partial charge in [0.05, 0.1) is 23.1 Å². The molecule has 7 heteroatoms. The largest absolute Gasteiger partial charge is 0.444 e. The highest BCUT2D eigenvalue weighted by Crippen LogP contribution is 2.44. The molecular formula is C15H19N5O2. The van der Waals surface area contributed by atoms with Crippen molar-refractivity contribution in [2.75, 3.05) is 0 Å². The van der Waals surface area contributed by atoms with Crippen molar-refractivity contribution in [1.82, 2.24) is 25.1 Å². The van der Waals surface area contributed by atoms with Gasteiger partial charge < -0.3 is 10.1 Å². The Morgan fingerprint density at radius 3 is 2.64 bits per heavy atom. The van der Waals surface area contributed by atoms with E-state index in [2.05, 4.69) is 20.4 Å². The van der Waals surface area contributed by atoms with Gasteiger partial charge in [0, 0.05) is 0 Å². The van der Waals surface area contributed by atoms with Gasteiger partial charge in [-0.2, -0.15) is 5.10 Å². The molecule has 0 saturated heterocycles. The van der Waals surface area contributed by atoms with Gasteiger partial charge in [-0.05, 0) is 45.7 Å². The molecule has 1 N–H and O–H groups in total. The second-order valence-corrected chi connectivity index (χ2v) is 6.45. The third-order valence-corrected chi connectivity index (χ3v) is 3.41. The fraction of sp³-hybridized carbons (Fsp3) is 0.467. The average molecular weight is 301 g/mol. The zero-order valence-corrected chi connectivity index (χ0v) is 12.9. The molecule has 1 aliphatic rings. The van der Waals surface area contributed by atoms with Crippen LogP contribution in [-0.2, 0) is 10.3 Å². The van der Waals surface area contributed by atoms with Crippen LogP contribution in [0.1, 0.15) is 39.3 Å². The lowest BCUT2D eigenvalue weighted by Crippen LogP contribution is -2.39. The van der Waals surface area contributed by atoms with Crippen molar-refractivity contribution in [3.63, 3.8) is 0 Å². The fourth-order valence-electron chi connectivity index (χ4n) is 2.22. The van der Waals surface area contributed by atoms with E-state index in [0.717, 1.165) is 24.2 Å². The van der Waals surface area contributed by atoms with Crippen LogP contribution in [0.2, 0.25) is 0 Å². The Balaban J connectivity index is 1.72. The quantitative estimate of drug-likeness (QED) is 0.939. The third kappa shape index (κ3) is 3.08. The van der Waals surface area contributed by atoms with Crippen LogP contribution in [0.25, 0.3) is 5.69 Å². The maximum atomic E-state index is 12.0.